The average molecular weight is 141 g/mol. The maximum atomic E-state index is 5.33. The van der Waals surface area contributed by atoms with E-state index in [0.717, 1.165) is 11.5 Å². The van der Waals surface area contributed by atoms with Gasteiger partial charge in [-0.3, -0.25) is 0 Å². The Bertz CT molecular complexity index is 300. The molecule has 0 spiro atoms. The van der Waals surface area contributed by atoms with Crippen molar-refractivity contribution in [3.8, 4) is 12.3 Å². The van der Waals surface area contributed by atoms with Crippen molar-refractivity contribution in [2.45, 2.75) is 18.8 Å². The standard InChI is InChI=1S/C11H9/c1-2-9-5-3-4-6-11(9)10-7-8-10/h1,3-4,6,10H,7-8H2. The van der Waals surface area contributed by atoms with E-state index in [9.17, 15) is 0 Å². The molecule has 2 rings (SSSR count). The molecule has 0 amide bonds. The number of hydrogen-bond acceptors (Lipinski definition) is 0. The van der Waals surface area contributed by atoms with E-state index < -0.39 is 0 Å². The van der Waals surface area contributed by atoms with Crippen molar-refractivity contribution in [2.24, 2.45) is 0 Å². The van der Waals surface area contributed by atoms with Crippen LogP contribution in [0, 0.1) is 18.4 Å². The van der Waals surface area contributed by atoms with Gasteiger partial charge in [0.05, 0.1) is 0 Å². The summed E-state index contributed by atoms with van der Waals surface area (Å²) in [7, 11) is 0. The zero-order chi connectivity index (χ0) is 7.68. The van der Waals surface area contributed by atoms with Gasteiger partial charge < -0.3 is 0 Å². The molecule has 0 heterocycles. The fourth-order valence-electron chi connectivity index (χ4n) is 1.31. The molecular formula is C11H9. The highest BCUT2D eigenvalue weighted by Gasteiger charge is 2.24. The van der Waals surface area contributed by atoms with E-state index in [2.05, 4.69) is 18.1 Å². The minimum atomic E-state index is 0.735. The Balaban J connectivity index is 2.44. The number of rotatable bonds is 1. The lowest BCUT2D eigenvalue weighted by molar-refractivity contribution is 1.12. The summed E-state index contributed by atoms with van der Waals surface area (Å²) >= 11 is 0. The second-order valence-corrected chi connectivity index (χ2v) is 2.92. The lowest BCUT2D eigenvalue weighted by atomic mass is 10.0. The third-order valence-corrected chi connectivity index (χ3v) is 2.05. The van der Waals surface area contributed by atoms with Gasteiger partial charge in [0.25, 0.3) is 0 Å². The van der Waals surface area contributed by atoms with Crippen LogP contribution in [0.4, 0.5) is 0 Å². The molecule has 1 aromatic carbocycles. The Morgan fingerprint density at radius 3 is 3.00 bits per heavy atom. The van der Waals surface area contributed by atoms with E-state index in [1.807, 2.05) is 12.1 Å². The van der Waals surface area contributed by atoms with Gasteiger partial charge in [0.15, 0.2) is 0 Å². The van der Waals surface area contributed by atoms with Gasteiger partial charge >= 0.3 is 0 Å². The fourth-order valence-corrected chi connectivity index (χ4v) is 1.31. The molecule has 1 saturated carbocycles. The SMILES string of the molecule is C#Cc1[c]cccc1C1CC1. The van der Waals surface area contributed by atoms with Crippen LogP contribution in [0.25, 0.3) is 0 Å². The van der Waals surface area contributed by atoms with Crippen LogP contribution in [-0.4, -0.2) is 0 Å². The average Bonchev–Trinajstić information content (AvgIpc) is 2.87. The van der Waals surface area contributed by atoms with Gasteiger partial charge in [-0.15, -0.1) is 6.42 Å². The van der Waals surface area contributed by atoms with Gasteiger partial charge in [0.1, 0.15) is 0 Å². The van der Waals surface area contributed by atoms with Gasteiger partial charge in [0, 0.05) is 5.56 Å². The molecule has 0 heteroatoms. The number of terminal acetylenes is 1. The predicted molar refractivity (Wildman–Crippen MR) is 45.2 cm³/mol. The maximum Gasteiger partial charge on any atom is 0.0356 e. The van der Waals surface area contributed by atoms with Crippen LogP contribution in [0.5, 0.6) is 0 Å². The van der Waals surface area contributed by atoms with Crippen molar-refractivity contribution in [2.75, 3.05) is 0 Å². The normalized spacial score (nSPS) is 15.9. The van der Waals surface area contributed by atoms with Crippen LogP contribution in [0.15, 0.2) is 18.2 Å². The first-order valence-corrected chi connectivity index (χ1v) is 3.89. The Labute approximate surface area is 67.2 Å². The van der Waals surface area contributed by atoms with E-state index in [1.54, 1.807) is 0 Å². The van der Waals surface area contributed by atoms with E-state index in [0.29, 0.717) is 0 Å². The van der Waals surface area contributed by atoms with Crippen molar-refractivity contribution in [1.82, 2.24) is 0 Å². The molecule has 11 heavy (non-hydrogen) atoms. The monoisotopic (exact) mass is 141 g/mol. The largest absolute Gasteiger partial charge is 0.115 e. The minimum absolute atomic E-state index is 0.735. The summed E-state index contributed by atoms with van der Waals surface area (Å²) in [6, 6.07) is 9.07. The zero-order valence-electron chi connectivity index (χ0n) is 6.30. The van der Waals surface area contributed by atoms with E-state index >= 15 is 0 Å². The Morgan fingerprint density at radius 1 is 1.55 bits per heavy atom. The summed E-state index contributed by atoms with van der Waals surface area (Å²) in [6.07, 6.45) is 7.93. The molecular weight excluding hydrogens is 132 g/mol. The summed E-state index contributed by atoms with van der Waals surface area (Å²) in [5.74, 6) is 3.40. The molecule has 0 atom stereocenters. The lowest BCUT2D eigenvalue weighted by Gasteiger charge is -1.99. The van der Waals surface area contributed by atoms with E-state index in [-0.39, 0.29) is 0 Å². The summed E-state index contributed by atoms with van der Waals surface area (Å²) in [5, 5.41) is 0. The quantitative estimate of drug-likeness (QED) is 0.526. The van der Waals surface area contributed by atoms with Gasteiger partial charge in [-0.2, -0.15) is 0 Å². The molecule has 1 radical (unpaired) electrons. The van der Waals surface area contributed by atoms with Crippen LogP contribution < -0.4 is 0 Å². The van der Waals surface area contributed by atoms with Crippen LogP contribution >= 0.6 is 0 Å². The second-order valence-electron chi connectivity index (χ2n) is 2.92. The fraction of sp³-hybridized carbons (Fsp3) is 0.273. The highest BCUT2D eigenvalue weighted by Crippen LogP contribution is 2.41. The van der Waals surface area contributed by atoms with E-state index in [1.165, 1.54) is 18.4 Å². The van der Waals surface area contributed by atoms with Gasteiger partial charge in [0.2, 0.25) is 0 Å². The summed E-state index contributed by atoms with van der Waals surface area (Å²) in [5.41, 5.74) is 2.27. The van der Waals surface area contributed by atoms with Gasteiger partial charge in [-0.25, -0.2) is 0 Å². The lowest BCUT2D eigenvalue weighted by Crippen LogP contribution is -1.84. The van der Waals surface area contributed by atoms with E-state index in [4.69, 9.17) is 6.42 Å². The molecule has 1 aliphatic carbocycles. The molecule has 0 aliphatic heterocycles. The highest BCUT2D eigenvalue weighted by atomic mass is 14.3. The van der Waals surface area contributed by atoms with Crippen molar-refractivity contribution in [1.29, 1.82) is 0 Å². The second kappa shape index (κ2) is 2.43. The van der Waals surface area contributed by atoms with Crippen molar-refractivity contribution >= 4 is 0 Å². The molecule has 1 fully saturated rings. The Kier molecular flexibility index (Phi) is 1.43. The molecule has 0 saturated heterocycles. The zero-order valence-corrected chi connectivity index (χ0v) is 6.30. The molecule has 0 aromatic heterocycles. The molecule has 53 valence electrons. The Hall–Kier alpha value is -1.22. The molecule has 1 aliphatic rings. The van der Waals surface area contributed by atoms with Crippen LogP contribution in [0.1, 0.15) is 29.9 Å². The number of benzene rings is 1. The molecule has 1 aromatic rings. The predicted octanol–water partition coefficient (Wildman–Crippen LogP) is 2.35. The third kappa shape index (κ3) is 1.14. The molecule has 0 unspecified atom stereocenters. The molecule has 0 bridgehead atoms. The van der Waals surface area contributed by atoms with Crippen LogP contribution in [-0.2, 0) is 0 Å². The topological polar surface area (TPSA) is 0 Å². The van der Waals surface area contributed by atoms with Crippen molar-refractivity contribution < 1.29 is 0 Å². The van der Waals surface area contributed by atoms with Crippen molar-refractivity contribution in [3.05, 3.63) is 35.4 Å². The van der Waals surface area contributed by atoms with Gasteiger partial charge in [-0.05, 0) is 30.4 Å². The first-order valence-electron chi connectivity index (χ1n) is 3.89. The Morgan fingerprint density at radius 2 is 2.36 bits per heavy atom. The molecule has 0 N–H and O–H groups in total. The van der Waals surface area contributed by atoms with Gasteiger partial charge in [-0.1, -0.05) is 24.1 Å². The third-order valence-electron chi connectivity index (χ3n) is 2.05. The first kappa shape index (κ1) is 6.49. The maximum absolute atomic E-state index is 5.33. The first-order chi connectivity index (χ1) is 5.42. The van der Waals surface area contributed by atoms with Crippen LogP contribution in [0.2, 0.25) is 0 Å². The highest BCUT2D eigenvalue weighted by molar-refractivity contribution is 5.42. The summed E-state index contributed by atoms with van der Waals surface area (Å²) < 4.78 is 0. The number of hydrogen-bond donors (Lipinski definition) is 0. The van der Waals surface area contributed by atoms with Crippen LogP contribution in [0.3, 0.4) is 0 Å². The summed E-state index contributed by atoms with van der Waals surface area (Å²) in [6.45, 7) is 0. The summed E-state index contributed by atoms with van der Waals surface area (Å²) in [4.78, 5) is 0. The van der Waals surface area contributed by atoms with Crippen molar-refractivity contribution in [3.63, 3.8) is 0 Å². The molecule has 0 nitrogen and oxygen atoms in total. The minimum Gasteiger partial charge on any atom is -0.115 e. The smallest absolute Gasteiger partial charge is 0.0356 e.